The summed E-state index contributed by atoms with van der Waals surface area (Å²) in [7, 11) is -4.76. The second-order valence-corrected chi connectivity index (χ2v) is 21.2. The molecule has 0 aliphatic heterocycles. The number of esters is 3. The molecule has 0 radical (unpaired) electrons. The SMILES string of the molecule is CC/C=C\C/C=C\C/C=C\C/C=C\CCC(=O)OC(CO)COP(=O)(O)OCC(COC(=O)CCCCCCCCCCCCCCCCCCC)OC(=O)CCCCCCCCCCCCCCCCC. The van der Waals surface area contributed by atoms with Gasteiger partial charge in [0.05, 0.1) is 19.8 Å². The fourth-order valence-electron chi connectivity index (χ4n) is 8.31. The molecule has 11 nitrogen and oxygen atoms in total. The summed E-state index contributed by atoms with van der Waals surface area (Å²) >= 11 is 0. The van der Waals surface area contributed by atoms with Gasteiger partial charge in [0.2, 0.25) is 0 Å². The van der Waals surface area contributed by atoms with Crippen LogP contribution in [0.4, 0.5) is 0 Å². The fourth-order valence-corrected chi connectivity index (χ4v) is 9.10. The number of carbonyl (C=O) groups excluding carboxylic acids is 3. The molecular formula is C60H109O11P. The molecule has 0 saturated carbocycles. The number of hydrogen-bond acceptors (Lipinski definition) is 10. The number of allylic oxidation sites excluding steroid dienone is 8. The van der Waals surface area contributed by atoms with Gasteiger partial charge in [0.1, 0.15) is 12.7 Å². The van der Waals surface area contributed by atoms with Crippen molar-refractivity contribution in [2.24, 2.45) is 0 Å². The minimum absolute atomic E-state index is 0.0582. The van der Waals surface area contributed by atoms with Gasteiger partial charge in [-0.05, 0) is 44.9 Å². The van der Waals surface area contributed by atoms with E-state index in [0.29, 0.717) is 19.3 Å². The third-order valence-corrected chi connectivity index (χ3v) is 13.7. The monoisotopic (exact) mass is 1040 g/mol. The minimum atomic E-state index is -4.76. The number of unbranched alkanes of at least 4 members (excludes halogenated alkanes) is 30. The van der Waals surface area contributed by atoms with Crippen molar-refractivity contribution in [3.05, 3.63) is 48.6 Å². The van der Waals surface area contributed by atoms with Crippen molar-refractivity contribution < 1.29 is 52.2 Å². The normalized spacial score (nSPS) is 13.7. The van der Waals surface area contributed by atoms with Crippen LogP contribution in [0.15, 0.2) is 48.6 Å². The Labute approximate surface area is 441 Å². The maximum atomic E-state index is 12.9. The topological polar surface area (TPSA) is 155 Å². The molecule has 420 valence electrons. The van der Waals surface area contributed by atoms with Crippen LogP contribution in [-0.4, -0.2) is 66.5 Å². The molecule has 0 heterocycles. The van der Waals surface area contributed by atoms with E-state index in [2.05, 4.69) is 57.2 Å². The Balaban J connectivity index is 4.73. The molecule has 0 aromatic heterocycles. The zero-order valence-corrected chi connectivity index (χ0v) is 47.3. The molecule has 72 heavy (non-hydrogen) atoms. The second-order valence-electron chi connectivity index (χ2n) is 19.8. The predicted octanol–water partition coefficient (Wildman–Crippen LogP) is 17.4. The van der Waals surface area contributed by atoms with E-state index in [9.17, 15) is 28.9 Å². The Morgan fingerprint density at radius 1 is 0.403 bits per heavy atom. The molecule has 0 rings (SSSR count). The average Bonchev–Trinajstić information content (AvgIpc) is 3.37. The summed E-state index contributed by atoms with van der Waals surface area (Å²) in [4.78, 5) is 48.5. The molecule has 0 spiro atoms. The molecule has 3 unspecified atom stereocenters. The summed E-state index contributed by atoms with van der Waals surface area (Å²) < 4.78 is 39.5. The molecule has 0 bridgehead atoms. The van der Waals surface area contributed by atoms with E-state index in [0.717, 1.165) is 64.2 Å². The predicted molar refractivity (Wildman–Crippen MR) is 298 cm³/mol. The minimum Gasteiger partial charge on any atom is -0.462 e. The van der Waals surface area contributed by atoms with Gasteiger partial charge in [-0.1, -0.05) is 262 Å². The van der Waals surface area contributed by atoms with E-state index in [-0.39, 0.29) is 25.9 Å². The highest BCUT2D eigenvalue weighted by Gasteiger charge is 2.28. The highest BCUT2D eigenvalue weighted by atomic mass is 31.2. The van der Waals surface area contributed by atoms with E-state index in [1.807, 2.05) is 12.2 Å². The lowest BCUT2D eigenvalue weighted by Gasteiger charge is -2.21. The molecule has 0 saturated heterocycles. The average molecular weight is 1040 g/mol. The van der Waals surface area contributed by atoms with Gasteiger partial charge in [-0.15, -0.1) is 0 Å². The molecule has 0 aromatic rings. The molecular weight excluding hydrogens is 928 g/mol. The molecule has 12 heteroatoms. The molecule has 2 N–H and O–H groups in total. The lowest BCUT2D eigenvalue weighted by molar-refractivity contribution is -0.161. The van der Waals surface area contributed by atoms with Crippen LogP contribution in [-0.2, 0) is 42.2 Å². The third kappa shape index (κ3) is 52.3. The zero-order valence-electron chi connectivity index (χ0n) is 46.4. The van der Waals surface area contributed by atoms with Gasteiger partial charge >= 0.3 is 25.7 Å². The Bertz CT molecular complexity index is 1400. The van der Waals surface area contributed by atoms with Crippen LogP contribution in [0.1, 0.15) is 278 Å². The molecule has 0 aliphatic carbocycles. The van der Waals surface area contributed by atoms with E-state index in [4.69, 9.17) is 23.3 Å². The Morgan fingerprint density at radius 3 is 1.11 bits per heavy atom. The quantitative estimate of drug-likeness (QED) is 0.0197. The number of rotatable bonds is 55. The standard InChI is InChI=1S/C60H109O11P/c1-4-7-10-13-16-19-22-25-27-28-30-32-34-37-40-43-46-49-58(62)67-53-57(71-60(64)51-48-45-42-39-36-33-29-26-23-20-17-14-11-8-5-2)55-69-72(65,66)68-54-56(52-61)70-59(63)50-47-44-41-38-35-31-24-21-18-15-12-9-6-3/h9,12,18,21,31,35,41,44,56-57,61H,4-8,10-11,13-17,19-20,22-30,32-34,36-40,42-43,45-55H2,1-3H3,(H,65,66)/b12-9-,21-18-,35-31-,44-41-. The van der Waals surface area contributed by atoms with Crippen molar-refractivity contribution in [3.8, 4) is 0 Å². The van der Waals surface area contributed by atoms with Crippen LogP contribution >= 0.6 is 7.82 Å². The van der Waals surface area contributed by atoms with E-state index in [1.54, 1.807) is 0 Å². The number of aliphatic hydroxyl groups excluding tert-OH is 1. The van der Waals surface area contributed by atoms with E-state index in [1.165, 1.54) is 154 Å². The first-order chi connectivity index (χ1) is 35.2. The van der Waals surface area contributed by atoms with Crippen molar-refractivity contribution in [3.63, 3.8) is 0 Å². The van der Waals surface area contributed by atoms with Crippen LogP contribution in [0.5, 0.6) is 0 Å². The van der Waals surface area contributed by atoms with Gasteiger partial charge in [0, 0.05) is 19.3 Å². The number of phosphoric ester groups is 1. The van der Waals surface area contributed by atoms with Gasteiger partial charge in [0.15, 0.2) is 6.10 Å². The highest BCUT2D eigenvalue weighted by Crippen LogP contribution is 2.43. The largest absolute Gasteiger partial charge is 0.472 e. The summed E-state index contributed by atoms with van der Waals surface area (Å²) in [6.45, 7) is 4.49. The second kappa shape index (κ2) is 54.7. The van der Waals surface area contributed by atoms with Gasteiger partial charge in [-0.2, -0.15) is 0 Å². The smallest absolute Gasteiger partial charge is 0.462 e. The first kappa shape index (κ1) is 69.4. The van der Waals surface area contributed by atoms with Crippen molar-refractivity contribution in [1.82, 2.24) is 0 Å². The summed E-state index contributed by atoms with van der Waals surface area (Å²) in [6, 6.07) is 0. The number of aliphatic hydroxyl groups is 1. The van der Waals surface area contributed by atoms with Crippen molar-refractivity contribution in [2.75, 3.05) is 26.4 Å². The first-order valence-electron chi connectivity index (χ1n) is 29.5. The molecule has 0 aliphatic rings. The van der Waals surface area contributed by atoms with Crippen molar-refractivity contribution >= 4 is 25.7 Å². The first-order valence-corrected chi connectivity index (χ1v) is 31.0. The Morgan fingerprint density at radius 2 is 0.722 bits per heavy atom. The number of carbonyl (C=O) groups is 3. The maximum absolute atomic E-state index is 12.9. The summed E-state index contributed by atoms with van der Waals surface area (Å²) in [6.07, 6.45) is 58.0. The lowest BCUT2D eigenvalue weighted by atomic mass is 10.0. The van der Waals surface area contributed by atoms with Crippen LogP contribution in [0, 0.1) is 0 Å². The van der Waals surface area contributed by atoms with Crippen molar-refractivity contribution in [2.45, 2.75) is 290 Å². The lowest BCUT2D eigenvalue weighted by Crippen LogP contribution is -2.30. The van der Waals surface area contributed by atoms with Gasteiger partial charge < -0.3 is 24.2 Å². The van der Waals surface area contributed by atoms with Crippen LogP contribution in [0.3, 0.4) is 0 Å². The molecule has 0 aromatic carbocycles. The van der Waals surface area contributed by atoms with Crippen LogP contribution in [0.2, 0.25) is 0 Å². The van der Waals surface area contributed by atoms with E-state index >= 15 is 0 Å². The number of ether oxygens (including phenoxy) is 3. The number of hydrogen-bond donors (Lipinski definition) is 2. The van der Waals surface area contributed by atoms with Gasteiger partial charge in [0.25, 0.3) is 0 Å². The maximum Gasteiger partial charge on any atom is 0.472 e. The molecule has 0 fully saturated rings. The van der Waals surface area contributed by atoms with Crippen LogP contribution in [0.25, 0.3) is 0 Å². The summed E-state index contributed by atoms with van der Waals surface area (Å²) in [5.74, 6) is -1.53. The van der Waals surface area contributed by atoms with Crippen LogP contribution < -0.4 is 0 Å². The third-order valence-electron chi connectivity index (χ3n) is 12.8. The number of phosphoric acid groups is 1. The van der Waals surface area contributed by atoms with Gasteiger partial charge in [-0.3, -0.25) is 23.4 Å². The Hall–Kier alpha value is -2.56. The zero-order chi connectivity index (χ0) is 52.7. The fraction of sp³-hybridized carbons (Fsp3) is 0.817. The summed E-state index contributed by atoms with van der Waals surface area (Å²) in [5.41, 5.74) is 0. The summed E-state index contributed by atoms with van der Waals surface area (Å²) in [5, 5.41) is 9.79. The highest BCUT2D eigenvalue weighted by molar-refractivity contribution is 7.47. The van der Waals surface area contributed by atoms with Gasteiger partial charge in [-0.25, -0.2) is 4.57 Å². The van der Waals surface area contributed by atoms with Crippen molar-refractivity contribution in [1.29, 1.82) is 0 Å². The molecule has 0 amide bonds. The molecule has 3 atom stereocenters. The van der Waals surface area contributed by atoms with E-state index < -0.39 is 57.8 Å². The Kier molecular flexibility index (Phi) is 52.7.